The average Bonchev–Trinajstić information content (AvgIpc) is 2.56. The van der Waals surface area contributed by atoms with E-state index in [1.54, 1.807) is 37.3 Å². The summed E-state index contributed by atoms with van der Waals surface area (Å²) in [5.74, 6) is 1.11. The largest absolute Gasteiger partial charge is 0.494 e. The molecule has 0 aliphatic rings. The van der Waals surface area contributed by atoms with E-state index >= 15 is 0 Å². The van der Waals surface area contributed by atoms with Crippen molar-refractivity contribution in [2.75, 3.05) is 11.9 Å². The third kappa shape index (κ3) is 5.42. The zero-order valence-corrected chi connectivity index (χ0v) is 15.9. The van der Waals surface area contributed by atoms with Gasteiger partial charge in [0.15, 0.2) is 6.10 Å². The molecule has 0 saturated heterocycles. The van der Waals surface area contributed by atoms with Crippen LogP contribution in [0, 0.1) is 0 Å². The normalized spacial score (nSPS) is 11.7. The molecule has 0 fully saturated rings. The van der Waals surface area contributed by atoms with Gasteiger partial charge in [0.05, 0.1) is 11.1 Å². The molecule has 0 saturated carbocycles. The number of nitrogens with one attached hydrogen (secondary N) is 1. The number of hydrogen-bond acceptors (Lipinski definition) is 3. The number of rotatable bonds is 7. The zero-order valence-electron chi connectivity index (χ0n) is 13.5. The van der Waals surface area contributed by atoms with Crippen molar-refractivity contribution in [1.29, 1.82) is 0 Å². The van der Waals surface area contributed by atoms with E-state index in [1.165, 1.54) is 0 Å². The van der Waals surface area contributed by atoms with Gasteiger partial charge in [-0.1, -0.05) is 18.5 Å². The van der Waals surface area contributed by atoms with Gasteiger partial charge in [0.1, 0.15) is 11.5 Å². The quantitative estimate of drug-likeness (QED) is 0.671. The van der Waals surface area contributed by atoms with Gasteiger partial charge < -0.3 is 14.8 Å². The summed E-state index contributed by atoms with van der Waals surface area (Å²) in [5.41, 5.74) is 0.689. The van der Waals surface area contributed by atoms with Crippen molar-refractivity contribution in [3.8, 4) is 11.5 Å². The maximum absolute atomic E-state index is 12.2. The molecular formula is C18H19BrClNO3. The van der Waals surface area contributed by atoms with Crippen LogP contribution in [-0.4, -0.2) is 18.6 Å². The number of anilines is 1. The van der Waals surface area contributed by atoms with Crippen LogP contribution in [0.15, 0.2) is 46.9 Å². The molecular weight excluding hydrogens is 394 g/mol. The van der Waals surface area contributed by atoms with Crippen LogP contribution in [-0.2, 0) is 4.79 Å². The van der Waals surface area contributed by atoms with Gasteiger partial charge in [-0.25, -0.2) is 0 Å². The molecule has 2 aromatic rings. The molecule has 128 valence electrons. The topological polar surface area (TPSA) is 47.6 Å². The van der Waals surface area contributed by atoms with E-state index in [1.807, 2.05) is 12.1 Å². The van der Waals surface area contributed by atoms with Gasteiger partial charge in [-0.05, 0) is 71.7 Å². The molecule has 0 aliphatic heterocycles. The minimum Gasteiger partial charge on any atom is -0.494 e. The summed E-state index contributed by atoms with van der Waals surface area (Å²) in [7, 11) is 0. The molecule has 2 rings (SSSR count). The highest BCUT2D eigenvalue weighted by Gasteiger charge is 2.16. The number of hydrogen-bond donors (Lipinski definition) is 1. The van der Waals surface area contributed by atoms with Crippen molar-refractivity contribution < 1.29 is 14.3 Å². The fourth-order valence-electron chi connectivity index (χ4n) is 1.91. The number of halogens is 2. The summed E-state index contributed by atoms with van der Waals surface area (Å²) in [4.78, 5) is 12.2. The van der Waals surface area contributed by atoms with Crippen molar-refractivity contribution >= 4 is 39.1 Å². The van der Waals surface area contributed by atoms with Crippen LogP contribution < -0.4 is 14.8 Å². The highest BCUT2D eigenvalue weighted by Crippen LogP contribution is 2.29. The number of benzene rings is 2. The zero-order chi connectivity index (χ0) is 17.5. The molecule has 2 aromatic carbocycles. The van der Waals surface area contributed by atoms with Crippen LogP contribution in [0.1, 0.15) is 20.3 Å². The fraction of sp³-hybridized carbons (Fsp3) is 0.278. The maximum Gasteiger partial charge on any atom is 0.265 e. The smallest absolute Gasteiger partial charge is 0.265 e. The van der Waals surface area contributed by atoms with E-state index in [9.17, 15) is 4.79 Å². The second-order valence-electron chi connectivity index (χ2n) is 5.20. The summed E-state index contributed by atoms with van der Waals surface area (Å²) >= 11 is 9.26. The Morgan fingerprint density at radius 3 is 2.58 bits per heavy atom. The lowest BCUT2D eigenvalue weighted by Crippen LogP contribution is -2.30. The molecule has 24 heavy (non-hydrogen) atoms. The van der Waals surface area contributed by atoms with Crippen LogP contribution in [0.25, 0.3) is 0 Å². The first kappa shape index (κ1) is 18.6. The summed E-state index contributed by atoms with van der Waals surface area (Å²) in [6.07, 6.45) is 0.298. The van der Waals surface area contributed by atoms with Crippen molar-refractivity contribution in [1.82, 2.24) is 0 Å². The lowest BCUT2D eigenvalue weighted by molar-refractivity contribution is -0.122. The van der Waals surface area contributed by atoms with E-state index < -0.39 is 6.10 Å². The number of ether oxygens (including phenoxy) is 2. The predicted octanol–water partition coefficient (Wildman–Crippen LogP) is 5.30. The molecule has 0 bridgehead atoms. The van der Waals surface area contributed by atoms with E-state index in [-0.39, 0.29) is 5.91 Å². The van der Waals surface area contributed by atoms with Gasteiger partial charge in [0.25, 0.3) is 5.91 Å². The maximum atomic E-state index is 12.2. The Morgan fingerprint density at radius 1 is 1.25 bits per heavy atom. The fourth-order valence-corrected chi connectivity index (χ4v) is 2.69. The molecule has 1 atom stereocenters. The van der Waals surface area contributed by atoms with E-state index in [0.29, 0.717) is 27.5 Å². The second kappa shape index (κ2) is 8.94. The second-order valence-corrected chi connectivity index (χ2v) is 6.49. The molecule has 0 radical (unpaired) electrons. The van der Waals surface area contributed by atoms with E-state index in [2.05, 4.69) is 28.2 Å². The number of carbonyl (C=O) groups is 1. The first-order valence-corrected chi connectivity index (χ1v) is 8.82. The molecule has 1 amide bonds. The molecule has 0 heterocycles. The van der Waals surface area contributed by atoms with Crippen LogP contribution >= 0.6 is 27.5 Å². The lowest BCUT2D eigenvalue weighted by Gasteiger charge is -2.16. The van der Waals surface area contributed by atoms with Gasteiger partial charge >= 0.3 is 0 Å². The number of amides is 1. The molecule has 0 aliphatic carbocycles. The molecule has 1 N–H and O–H groups in total. The van der Waals surface area contributed by atoms with Gasteiger partial charge in [-0.3, -0.25) is 4.79 Å². The summed E-state index contributed by atoms with van der Waals surface area (Å²) in [6.45, 7) is 4.41. The van der Waals surface area contributed by atoms with Gasteiger partial charge in [0.2, 0.25) is 0 Å². The van der Waals surface area contributed by atoms with Crippen LogP contribution in [0.5, 0.6) is 11.5 Å². The van der Waals surface area contributed by atoms with E-state index in [0.717, 1.165) is 12.2 Å². The first-order chi connectivity index (χ1) is 11.5. The van der Waals surface area contributed by atoms with Crippen molar-refractivity contribution in [3.63, 3.8) is 0 Å². The standard InChI is InChI=1S/C18H19BrClNO3/c1-3-10-23-15-7-5-14(6-8-15)21-18(22)12(2)24-17-9-4-13(20)11-16(17)19/h4-9,11-12H,3,10H2,1-2H3,(H,21,22). The Kier molecular flexibility index (Phi) is 6.94. The first-order valence-electron chi connectivity index (χ1n) is 7.65. The Balaban J connectivity index is 1.93. The summed E-state index contributed by atoms with van der Waals surface area (Å²) in [5, 5.41) is 3.41. The molecule has 1 unspecified atom stereocenters. The minimum absolute atomic E-state index is 0.237. The number of carbonyl (C=O) groups excluding carboxylic acids is 1. The van der Waals surface area contributed by atoms with Gasteiger partial charge in [0, 0.05) is 10.7 Å². The van der Waals surface area contributed by atoms with Gasteiger partial charge in [-0.2, -0.15) is 0 Å². The Morgan fingerprint density at radius 2 is 1.96 bits per heavy atom. The molecule has 6 heteroatoms. The van der Waals surface area contributed by atoms with Crippen LogP contribution in [0.4, 0.5) is 5.69 Å². The highest BCUT2D eigenvalue weighted by atomic mass is 79.9. The van der Waals surface area contributed by atoms with E-state index in [4.69, 9.17) is 21.1 Å². The third-order valence-electron chi connectivity index (χ3n) is 3.16. The summed E-state index contributed by atoms with van der Waals surface area (Å²) in [6, 6.07) is 12.4. The molecule has 4 nitrogen and oxygen atoms in total. The van der Waals surface area contributed by atoms with Crippen molar-refractivity contribution in [3.05, 3.63) is 52.0 Å². The van der Waals surface area contributed by atoms with Gasteiger partial charge in [-0.15, -0.1) is 0 Å². The monoisotopic (exact) mass is 411 g/mol. The summed E-state index contributed by atoms with van der Waals surface area (Å²) < 4.78 is 11.9. The SMILES string of the molecule is CCCOc1ccc(NC(=O)C(C)Oc2ccc(Cl)cc2Br)cc1. The third-order valence-corrected chi connectivity index (χ3v) is 4.02. The van der Waals surface area contributed by atoms with Crippen molar-refractivity contribution in [2.24, 2.45) is 0 Å². The Hall–Kier alpha value is -1.72. The predicted molar refractivity (Wildman–Crippen MR) is 100 cm³/mol. The minimum atomic E-state index is -0.654. The Bertz CT molecular complexity index is 691. The van der Waals surface area contributed by atoms with Crippen molar-refractivity contribution in [2.45, 2.75) is 26.4 Å². The molecule has 0 spiro atoms. The lowest BCUT2D eigenvalue weighted by atomic mass is 10.2. The molecule has 0 aromatic heterocycles. The average molecular weight is 413 g/mol. The Labute approximate surface area is 155 Å². The van der Waals surface area contributed by atoms with Crippen LogP contribution in [0.2, 0.25) is 5.02 Å². The van der Waals surface area contributed by atoms with Crippen LogP contribution in [0.3, 0.4) is 0 Å². The highest BCUT2D eigenvalue weighted by molar-refractivity contribution is 9.10.